The Morgan fingerprint density at radius 2 is 1.73 bits per heavy atom. The van der Waals surface area contributed by atoms with Crippen LogP contribution in [0.2, 0.25) is 0 Å². The summed E-state index contributed by atoms with van der Waals surface area (Å²) >= 11 is 0. The first-order valence-corrected chi connectivity index (χ1v) is 12.7. The number of morpholine rings is 1. The summed E-state index contributed by atoms with van der Waals surface area (Å²) in [4.78, 5) is 13.8. The predicted octanol–water partition coefficient (Wildman–Crippen LogP) is 6.31. The number of fused-ring (bicyclic) bond motifs is 1. The van der Waals surface area contributed by atoms with Gasteiger partial charge in [-0.1, -0.05) is 0 Å². The smallest absolute Gasteiger partial charge is 0.161 e. The number of nitrogens with zero attached hydrogens (tertiary/aromatic N) is 4. The van der Waals surface area contributed by atoms with Gasteiger partial charge in [-0.05, 0) is 68.8 Å². The number of aromatic nitrogens is 2. The second kappa shape index (κ2) is 10.7. The van der Waals surface area contributed by atoms with Crippen molar-refractivity contribution in [3.63, 3.8) is 0 Å². The van der Waals surface area contributed by atoms with E-state index in [1.165, 1.54) is 12.1 Å². The van der Waals surface area contributed by atoms with Gasteiger partial charge in [0.15, 0.2) is 5.65 Å². The number of benzene rings is 2. The molecule has 5 rings (SSSR count). The van der Waals surface area contributed by atoms with Gasteiger partial charge in [-0.25, -0.2) is 18.7 Å². The van der Waals surface area contributed by atoms with Crippen LogP contribution in [0.25, 0.3) is 22.3 Å². The Kier molecular flexibility index (Phi) is 7.19. The quantitative estimate of drug-likeness (QED) is 0.319. The van der Waals surface area contributed by atoms with E-state index in [9.17, 15) is 8.78 Å². The summed E-state index contributed by atoms with van der Waals surface area (Å²) in [5.74, 6) is -1.29. The van der Waals surface area contributed by atoms with Crippen molar-refractivity contribution in [3.8, 4) is 11.3 Å². The molecule has 0 spiro atoms. The standard InChI is InChI=1S/C29H31F2N5O/c1-4-35(5-2)26-9-8-23(36-11-13-37-14-12-36)18-25(26)33-28-19(3)27(20-15-21(30)17-22(31)16-20)34-29-24(28)7-6-10-32-29/h6-10,15-18H,4-5,11-14H2,1-3H3,(H,32,33,34). The normalized spacial score (nSPS) is 13.7. The van der Waals surface area contributed by atoms with Gasteiger partial charge in [-0.2, -0.15) is 0 Å². The molecule has 0 saturated carbocycles. The molecule has 1 fully saturated rings. The lowest BCUT2D eigenvalue weighted by Crippen LogP contribution is -2.36. The number of hydrogen-bond donors (Lipinski definition) is 1. The molecule has 1 aliphatic heterocycles. The summed E-state index contributed by atoms with van der Waals surface area (Å²) in [6, 6.07) is 13.8. The highest BCUT2D eigenvalue weighted by molar-refractivity contribution is 5.97. The van der Waals surface area contributed by atoms with E-state index in [1.807, 2.05) is 19.1 Å². The number of pyridine rings is 2. The highest BCUT2D eigenvalue weighted by atomic mass is 19.1. The zero-order chi connectivity index (χ0) is 25.9. The van der Waals surface area contributed by atoms with Crippen LogP contribution in [-0.4, -0.2) is 49.4 Å². The van der Waals surface area contributed by atoms with Gasteiger partial charge in [0.1, 0.15) is 11.6 Å². The van der Waals surface area contributed by atoms with Gasteiger partial charge in [0.2, 0.25) is 0 Å². The molecule has 4 aromatic rings. The monoisotopic (exact) mass is 503 g/mol. The van der Waals surface area contributed by atoms with Crippen molar-refractivity contribution in [3.05, 3.63) is 71.9 Å². The van der Waals surface area contributed by atoms with Crippen LogP contribution in [0.5, 0.6) is 0 Å². The van der Waals surface area contributed by atoms with E-state index in [-0.39, 0.29) is 0 Å². The third kappa shape index (κ3) is 5.06. The Balaban J connectivity index is 1.68. The van der Waals surface area contributed by atoms with Crippen LogP contribution in [0.1, 0.15) is 19.4 Å². The molecule has 0 amide bonds. The van der Waals surface area contributed by atoms with Crippen LogP contribution < -0.4 is 15.1 Å². The Morgan fingerprint density at radius 1 is 1.00 bits per heavy atom. The molecular formula is C29H31F2N5O. The van der Waals surface area contributed by atoms with Crippen molar-refractivity contribution in [2.24, 2.45) is 0 Å². The highest BCUT2D eigenvalue weighted by Crippen LogP contribution is 2.39. The number of ether oxygens (including phenoxy) is 1. The summed E-state index contributed by atoms with van der Waals surface area (Å²) in [6.45, 7) is 11.0. The Morgan fingerprint density at radius 3 is 2.43 bits per heavy atom. The molecule has 0 radical (unpaired) electrons. The van der Waals surface area contributed by atoms with E-state index in [2.05, 4.69) is 52.1 Å². The Labute approximate surface area is 215 Å². The first-order chi connectivity index (χ1) is 18.0. The van der Waals surface area contributed by atoms with Gasteiger partial charge in [-0.3, -0.25) is 0 Å². The minimum atomic E-state index is -0.645. The Bertz CT molecular complexity index is 1400. The van der Waals surface area contributed by atoms with Crippen LogP contribution in [0.3, 0.4) is 0 Å². The third-order valence-corrected chi connectivity index (χ3v) is 6.86. The average Bonchev–Trinajstić information content (AvgIpc) is 2.91. The maximum Gasteiger partial charge on any atom is 0.161 e. The lowest BCUT2D eigenvalue weighted by molar-refractivity contribution is 0.122. The van der Waals surface area contributed by atoms with Gasteiger partial charge in [0, 0.05) is 55.1 Å². The molecule has 0 unspecified atom stereocenters. The number of anilines is 4. The molecule has 2 aromatic heterocycles. The van der Waals surface area contributed by atoms with Gasteiger partial charge in [-0.15, -0.1) is 0 Å². The number of halogens is 2. The molecule has 1 aliphatic rings. The second-order valence-electron chi connectivity index (χ2n) is 9.09. The fraction of sp³-hybridized carbons (Fsp3) is 0.310. The van der Waals surface area contributed by atoms with Crippen LogP contribution >= 0.6 is 0 Å². The van der Waals surface area contributed by atoms with Crippen molar-refractivity contribution < 1.29 is 13.5 Å². The molecular weight excluding hydrogens is 472 g/mol. The lowest BCUT2D eigenvalue weighted by Gasteiger charge is -2.31. The van der Waals surface area contributed by atoms with E-state index < -0.39 is 11.6 Å². The number of rotatable bonds is 7. The molecule has 8 heteroatoms. The summed E-state index contributed by atoms with van der Waals surface area (Å²) in [7, 11) is 0. The maximum absolute atomic E-state index is 14.1. The van der Waals surface area contributed by atoms with Crippen molar-refractivity contribution in [2.75, 3.05) is 54.5 Å². The van der Waals surface area contributed by atoms with E-state index in [4.69, 9.17) is 9.72 Å². The molecule has 2 aromatic carbocycles. The molecule has 37 heavy (non-hydrogen) atoms. The van der Waals surface area contributed by atoms with Crippen molar-refractivity contribution in [2.45, 2.75) is 20.8 Å². The summed E-state index contributed by atoms with van der Waals surface area (Å²) in [5, 5.41) is 4.52. The fourth-order valence-electron chi connectivity index (χ4n) is 4.94. The zero-order valence-electron chi connectivity index (χ0n) is 21.4. The van der Waals surface area contributed by atoms with Crippen LogP contribution in [-0.2, 0) is 4.74 Å². The molecule has 0 aliphatic carbocycles. The molecule has 6 nitrogen and oxygen atoms in total. The van der Waals surface area contributed by atoms with Crippen molar-refractivity contribution in [1.82, 2.24) is 9.97 Å². The van der Waals surface area contributed by atoms with Gasteiger partial charge in [0.05, 0.1) is 36.0 Å². The van der Waals surface area contributed by atoms with Gasteiger partial charge >= 0.3 is 0 Å². The molecule has 1 saturated heterocycles. The number of hydrogen-bond acceptors (Lipinski definition) is 6. The van der Waals surface area contributed by atoms with E-state index in [1.54, 1.807) is 6.20 Å². The maximum atomic E-state index is 14.1. The SMILES string of the molecule is CCN(CC)c1ccc(N2CCOCC2)cc1Nc1c(C)c(-c2cc(F)cc(F)c2)nc2ncccc12. The third-order valence-electron chi connectivity index (χ3n) is 6.86. The predicted molar refractivity (Wildman–Crippen MR) is 146 cm³/mol. The zero-order valence-corrected chi connectivity index (χ0v) is 21.4. The summed E-state index contributed by atoms with van der Waals surface area (Å²) in [6.07, 6.45) is 1.67. The van der Waals surface area contributed by atoms with Gasteiger partial charge in [0.25, 0.3) is 0 Å². The first kappa shape index (κ1) is 24.9. The molecule has 1 N–H and O–H groups in total. The van der Waals surface area contributed by atoms with Crippen LogP contribution in [0.15, 0.2) is 54.7 Å². The fourth-order valence-corrected chi connectivity index (χ4v) is 4.94. The average molecular weight is 504 g/mol. The largest absolute Gasteiger partial charge is 0.378 e. The summed E-state index contributed by atoms with van der Waals surface area (Å²) in [5.41, 5.74) is 6.10. The molecule has 0 atom stereocenters. The van der Waals surface area contributed by atoms with Gasteiger partial charge < -0.3 is 19.9 Å². The minimum Gasteiger partial charge on any atom is -0.378 e. The van der Waals surface area contributed by atoms with Crippen molar-refractivity contribution >= 4 is 33.8 Å². The topological polar surface area (TPSA) is 53.5 Å². The highest BCUT2D eigenvalue weighted by Gasteiger charge is 2.19. The Hall–Kier alpha value is -3.78. The van der Waals surface area contributed by atoms with E-state index in [0.29, 0.717) is 30.1 Å². The van der Waals surface area contributed by atoms with E-state index >= 15 is 0 Å². The minimum absolute atomic E-state index is 0.372. The molecule has 0 bridgehead atoms. The number of nitrogens with one attached hydrogen (secondary N) is 1. The van der Waals surface area contributed by atoms with E-state index in [0.717, 1.165) is 65.9 Å². The van der Waals surface area contributed by atoms with Crippen LogP contribution in [0, 0.1) is 18.6 Å². The first-order valence-electron chi connectivity index (χ1n) is 12.7. The van der Waals surface area contributed by atoms with Crippen LogP contribution in [0.4, 0.5) is 31.5 Å². The molecule has 3 heterocycles. The summed E-state index contributed by atoms with van der Waals surface area (Å²) < 4.78 is 33.8. The van der Waals surface area contributed by atoms with Crippen molar-refractivity contribution in [1.29, 1.82) is 0 Å². The molecule has 192 valence electrons. The lowest BCUT2D eigenvalue weighted by atomic mass is 10.0. The second-order valence-corrected chi connectivity index (χ2v) is 9.09.